The highest BCUT2D eigenvalue weighted by Crippen LogP contribution is 2.27. The van der Waals surface area contributed by atoms with Crippen molar-refractivity contribution in [2.24, 2.45) is 11.3 Å². The average molecular weight is 415 g/mol. The Morgan fingerprint density at radius 2 is 1.97 bits per heavy atom. The van der Waals surface area contributed by atoms with Crippen molar-refractivity contribution < 1.29 is 4.79 Å². The fourth-order valence-corrected chi connectivity index (χ4v) is 4.98. The highest BCUT2D eigenvalue weighted by Gasteiger charge is 2.30. The van der Waals surface area contributed by atoms with Crippen molar-refractivity contribution in [2.45, 2.75) is 59.9 Å². The lowest BCUT2D eigenvalue weighted by Gasteiger charge is -2.40. The van der Waals surface area contributed by atoms with E-state index in [4.69, 9.17) is 4.98 Å². The Hall–Kier alpha value is -1.95. The van der Waals surface area contributed by atoms with Gasteiger partial charge in [0, 0.05) is 50.1 Å². The molecule has 2 aromatic rings. The Morgan fingerprint density at radius 1 is 1.24 bits per heavy atom. The van der Waals surface area contributed by atoms with Gasteiger partial charge in [0.2, 0.25) is 11.0 Å². The molecule has 1 saturated heterocycles. The van der Waals surface area contributed by atoms with Gasteiger partial charge in [0.25, 0.3) is 0 Å². The molecule has 1 aromatic heterocycles. The second-order valence-electron chi connectivity index (χ2n) is 9.61. The smallest absolute Gasteiger partial charge is 0.223 e. The van der Waals surface area contributed by atoms with Crippen molar-refractivity contribution in [1.29, 1.82) is 0 Å². The predicted octanol–water partition coefficient (Wildman–Crippen LogP) is 4.63. The Labute approximate surface area is 179 Å². The van der Waals surface area contributed by atoms with E-state index in [1.54, 1.807) is 0 Å². The number of amides is 1. The number of piperazine rings is 1. The van der Waals surface area contributed by atoms with Gasteiger partial charge in [-0.2, -0.15) is 4.37 Å². The van der Waals surface area contributed by atoms with Crippen LogP contribution in [0.4, 0.5) is 5.13 Å². The topological polar surface area (TPSA) is 49.3 Å². The van der Waals surface area contributed by atoms with Crippen LogP contribution in [0.15, 0.2) is 30.3 Å². The lowest BCUT2D eigenvalue weighted by molar-refractivity contribution is -0.134. The third-order valence-corrected chi connectivity index (χ3v) is 6.18. The zero-order valence-electron chi connectivity index (χ0n) is 18.4. The van der Waals surface area contributed by atoms with Crippen LogP contribution in [-0.2, 0) is 11.2 Å². The Morgan fingerprint density at radius 3 is 2.62 bits per heavy atom. The third-order valence-electron chi connectivity index (χ3n) is 5.36. The van der Waals surface area contributed by atoms with Crippen LogP contribution >= 0.6 is 11.5 Å². The minimum absolute atomic E-state index is 0.194. The van der Waals surface area contributed by atoms with Gasteiger partial charge in [-0.25, -0.2) is 4.98 Å². The van der Waals surface area contributed by atoms with Gasteiger partial charge in [-0.15, -0.1) is 0 Å². The van der Waals surface area contributed by atoms with Gasteiger partial charge in [0.15, 0.2) is 0 Å². The van der Waals surface area contributed by atoms with Crippen LogP contribution in [0.3, 0.4) is 0 Å². The molecule has 2 atom stereocenters. The van der Waals surface area contributed by atoms with E-state index < -0.39 is 0 Å². The number of carbonyl (C=O) groups is 1. The van der Waals surface area contributed by atoms with Gasteiger partial charge in [-0.3, -0.25) is 4.79 Å². The van der Waals surface area contributed by atoms with E-state index in [1.807, 2.05) is 18.2 Å². The van der Waals surface area contributed by atoms with Crippen molar-refractivity contribution in [3.8, 4) is 0 Å². The van der Waals surface area contributed by atoms with Crippen LogP contribution in [0.1, 0.15) is 58.8 Å². The summed E-state index contributed by atoms with van der Waals surface area (Å²) in [6, 6.07) is 10.5. The molecule has 0 N–H and O–H groups in total. The number of nitrogens with zero attached hydrogens (tertiary/aromatic N) is 4. The number of carbonyl (C=O) groups excluding carboxylic acids is 1. The molecule has 1 aliphatic heterocycles. The van der Waals surface area contributed by atoms with E-state index in [2.05, 4.69) is 60.9 Å². The number of rotatable bonds is 6. The number of hydrogen-bond donors (Lipinski definition) is 0. The summed E-state index contributed by atoms with van der Waals surface area (Å²) in [5.74, 6) is 1.57. The van der Waals surface area contributed by atoms with Crippen molar-refractivity contribution >= 4 is 22.6 Å². The Bertz CT molecular complexity index is 799. The van der Waals surface area contributed by atoms with Crippen LogP contribution < -0.4 is 4.90 Å². The van der Waals surface area contributed by atoms with Gasteiger partial charge in [0.1, 0.15) is 5.82 Å². The molecule has 3 rings (SSSR count). The second-order valence-corrected chi connectivity index (χ2v) is 10.3. The molecule has 0 radical (unpaired) electrons. The first kappa shape index (κ1) is 21.8. The molecule has 0 spiro atoms. The average Bonchev–Trinajstić information content (AvgIpc) is 3.09. The molecule has 29 heavy (non-hydrogen) atoms. The molecule has 5 nitrogen and oxygen atoms in total. The lowest BCUT2D eigenvalue weighted by atomic mass is 9.84. The molecule has 6 heteroatoms. The number of anilines is 1. The number of hydrogen-bond acceptors (Lipinski definition) is 5. The molecular weight excluding hydrogens is 380 g/mol. The van der Waals surface area contributed by atoms with Crippen LogP contribution in [0.5, 0.6) is 0 Å². The summed E-state index contributed by atoms with van der Waals surface area (Å²) in [7, 11) is 0. The van der Waals surface area contributed by atoms with E-state index in [0.29, 0.717) is 12.3 Å². The van der Waals surface area contributed by atoms with Crippen LogP contribution in [0, 0.1) is 11.3 Å². The molecule has 2 unspecified atom stereocenters. The summed E-state index contributed by atoms with van der Waals surface area (Å²) in [5.41, 5.74) is 1.49. The first-order valence-electron chi connectivity index (χ1n) is 10.6. The van der Waals surface area contributed by atoms with Gasteiger partial charge in [-0.1, -0.05) is 58.0 Å². The molecular formula is C23H34N4OS. The standard InChI is InChI=1S/C23H34N4OS/c1-17(15-23(3,4)5)13-21(28)27-12-11-26(16-18(27)2)22-24-20(25-29-22)14-19-9-7-6-8-10-19/h6-10,17-18H,11-16H2,1-5H3. The van der Waals surface area contributed by atoms with Crippen LogP contribution in [0.2, 0.25) is 0 Å². The minimum Gasteiger partial charge on any atom is -0.343 e. The minimum atomic E-state index is 0.194. The van der Waals surface area contributed by atoms with Crippen molar-refractivity contribution in [3.63, 3.8) is 0 Å². The van der Waals surface area contributed by atoms with E-state index in [1.165, 1.54) is 17.1 Å². The third kappa shape index (κ3) is 6.26. The fraction of sp³-hybridized carbons (Fsp3) is 0.609. The quantitative estimate of drug-likeness (QED) is 0.692. The molecule has 0 aliphatic carbocycles. The molecule has 2 heterocycles. The maximum absolute atomic E-state index is 12.8. The molecule has 1 aromatic carbocycles. The lowest BCUT2D eigenvalue weighted by Crippen LogP contribution is -2.54. The summed E-state index contributed by atoms with van der Waals surface area (Å²) in [6.07, 6.45) is 2.47. The number of aromatic nitrogens is 2. The first-order valence-corrected chi connectivity index (χ1v) is 11.4. The highest BCUT2D eigenvalue weighted by molar-refractivity contribution is 7.09. The van der Waals surface area contributed by atoms with Gasteiger partial charge in [0.05, 0.1) is 0 Å². The highest BCUT2D eigenvalue weighted by atomic mass is 32.1. The molecule has 1 fully saturated rings. The Balaban J connectivity index is 1.54. The largest absolute Gasteiger partial charge is 0.343 e. The summed E-state index contributed by atoms with van der Waals surface area (Å²) in [4.78, 5) is 21.9. The van der Waals surface area contributed by atoms with Gasteiger partial charge in [-0.05, 0) is 30.2 Å². The molecule has 0 saturated carbocycles. The molecule has 1 aliphatic rings. The summed E-state index contributed by atoms with van der Waals surface area (Å²) in [5, 5.41) is 0.969. The van der Waals surface area contributed by atoms with E-state index in [9.17, 15) is 4.79 Å². The SMILES string of the molecule is CC(CC(=O)N1CCN(c2nc(Cc3ccccc3)ns2)CC1C)CC(C)(C)C. The predicted molar refractivity (Wildman–Crippen MR) is 120 cm³/mol. The summed E-state index contributed by atoms with van der Waals surface area (Å²) < 4.78 is 4.55. The van der Waals surface area contributed by atoms with Gasteiger partial charge >= 0.3 is 0 Å². The monoisotopic (exact) mass is 414 g/mol. The van der Waals surface area contributed by atoms with E-state index in [-0.39, 0.29) is 17.4 Å². The normalized spacial score (nSPS) is 18.7. The van der Waals surface area contributed by atoms with E-state index >= 15 is 0 Å². The summed E-state index contributed by atoms with van der Waals surface area (Å²) in [6.45, 7) is 13.5. The fourth-order valence-electron chi connectivity index (χ4n) is 4.26. The molecule has 158 valence electrons. The van der Waals surface area contributed by atoms with Crippen molar-refractivity contribution in [2.75, 3.05) is 24.5 Å². The number of benzene rings is 1. The van der Waals surface area contributed by atoms with Crippen molar-refractivity contribution in [1.82, 2.24) is 14.3 Å². The van der Waals surface area contributed by atoms with Crippen LogP contribution in [0.25, 0.3) is 0 Å². The van der Waals surface area contributed by atoms with Gasteiger partial charge < -0.3 is 9.80 Å². The summed E-state index contributed by atoms with van der Waals surface area (Å²) >= 11 is 1.47. The Kier molecular flexibility index (Phi) is 6.93. The zero-order chi connectivity index (χ0) is 21.0. The maximum Gasteiger partial charge on any atom is 0.223 e. The first-order chi connectivity index (χ1) is 13.7. The molecule has 0 bridgehead atoms. The molecule has 1 amide bonds. The van der Waals surface area contributed by atoms with Crippen molar-refractivity contribution in [3.05, 3.63) is 41.7 Å². The second kappa shape index (κ2) is 9.24. The zero-order valence-corrected chi connectivity index (χ0v) is 19.2. The van der Waals surface area contributed by atoms with Crippen LogP contribution in [-0.4, -0.2) is 45.8 Å². The maximum atomic E-state index is 12.8. The van der Waals surface area contributed by atoms with E-state index in [0.717, 1.165) is 43.4 Å².